The van der Waals surface area contributed by atoms with E-state index in [1.165, 1.54) is 11.8 Å². The van der Waals surface area contributed by atoms with Crippen molar-refractivity contribution in [2.24, 2.45) is 0 Å². The summed E-state index contributed by atoms with van der Waals surface area (Å²) in [5, 5.41) is 15.0. The average molecular weight is 458 g/mol. The number of benzene rings is 3. The molecular formula is C25H23N5O2S. The van der Waals surface area contributed by atoms with Crippen LogP contribution in [-0.4, -0.2) is 32.3 Å². The van der Waals surface area contributed by atoms with E-state index in [0.717, 1.165) is 11.3 Å². The standard InChI is InChI=1S/C25H23N5O2S/c1-2-22(31)26-19-12-9-13-20(16-19)27-23(32)17-33-25-29-28-24(18-10-5-3-6-11-18)30(25)21-14-7-4-8-15-21/h3-16H,2,17H2,1H3,(H,26,31)(H,27,32). The van der Waals surface area contributed by atoms with Crippen LogP contribution in [0.2, 0.25) is 0 Å². The van der Waals surface area contributed by atoms with E-state index >= 15 is 0 Å². The number of anilines is 2. The molecule has 2 N–H and O–H groups in total. The largest absolute Gasteiger partial charge is 0.326 e. The highest BCUT2D eigenvalue weighted by molar-refractivity contribution is 7.99. The molecule has 0 aliphatic heterocycles. The Balaban J connectivity index is 1.50. The number of para-hydroxylation sites is 1. The molecule has 0 saturated carbocycles. The Labute approximate surface area is 196 Å². The van der Waals surface area contributed by atoms with Crippen LogP contribution in [0, 0.1) is 0 Å². The number of aromatic nitrogens is 3. The smallest absolute Gasteiger partial charge is 0.234 e. The van der Waals surface area contributed by atoms with Gasteiger partial charge in [0.1, 0.15) is 0 Å². The zero-order valence-electron chi connectivity index (χ0n) is 18.1. The first-order valence-corrected chi connectivity index (χ1v) is 11.5. The van der Waals surface area contributed by atoms with Gasteiger partial charge < -0.3 is 10.6 Å². The average Bonchev–Trinajstić information content (AvgIpc) is 3.28. The van der Waals surface area contributed by atoms with Crippen LogP contribution in [-0.2, 0) is 9.59 Å². The molecule has 0 spiro atoms. The molecule has 4 rings (SSSR count). The quantitative estimate of drug-likeness (QED) is 0.363. The van der Waals surface area contributed by atoms with Gasteiger partial charge in [0.25, 0.3) is 0 Å². The Morgan fingerprint density at radius 3 is 2.12 bits per heavy atom. The Morgan fingerprint density at radius 1 is 0.818 bits per heavy atom. The van der Waals surface area contributed by atoms with E-state index in [0.29, 0.717) is 28.8 Å². The number of carbonyl (C=O) groups is 2. The maximum atomic E-state index is 12.6. The Kier molecular flexibility index (Phi) is 7.16. The van der Waals surface area contributed by atoms with Crippen LogP contribution in [0.1, 0.15) is 13.3 Å². The van der Waals surface area contributed by atoms with E-state index in [-0.39, 0.29) is 17.6 Å². The van der Waals surface area contributed by atoms with Gasteiger partial charge >= 0.3 is 0 Å². The van der Waals surface area contributed by atoms with Gasteiger partial charge in [0.05, 0.1) is 5.75 Å². The third-order valence-corrected chi connectivity index (χ3v) is 5.69. The number of thioether (sulfide) groups is 1. The Bertz CT molecular complexity index is 1240. The summed E-state index contributed by atoms with van der Waals surface area (Å²) in [6, 6.07) is 26.7. The highest BCUT2D eigenvalue weighted by atomic mass is 32.2. The van der Waals surface area contributed by atoms with Gasteiger partial charge in [-0.1, -0.05) is 73.3 Å². The normalized spacial score (nSPS) is 10.6. The molecule has 0 unspecified atom stereocenters. The minimum atomic E-state index is -0.178. The fraction of sp³-hybridized carbons (Fsp3) is 0.120. The SMILES string of the molecule is CCC(=O)Nc1cccc(NC(=O)CSc2nnc(-c3ccccc3)n2-c2ccccc2)c1. The van der Waals surface area contributed by atoms with E-state index < -0.39 is 0 Å². The molecule has 0 atom stereocenters. The van der Waals surface area contributed by atoms with E-state index in [2.05, 4.69) is 20.8 Å². The molecule has 166 valence electrons. The molecule has 0 bridgehead atoms. The molecule has 0 saturated heterocycles. The molecule has 7 nitrogen and oxygen atoms in total. The minimum Gasteiger partial charge on any atom is -0.326 e. The molecule has 3 aromatic carbocycles. The third kappa shape index (κ3) is 5.67. The van der Waals surface area contributed by atoms with Gasteiger partial charge in [-0.3, -0.25) is 14.2 Å². The van der Waals surface area contributed by atoms with Crippen molar-refractivity contribution in [3.05, 3.63) is 84.9 Å². The first kappa shape index (κ1) is 22.3. The number of nitrogens with zero attached hydrogens (tertiary/aromatic N) is 3. The van der Waals surface area contributed by atoms with Crippen molar-refractivity contribution >= 4 is 35.0 Å². The van der Waals surface area contributed by atoms with E-state index in [4.69, 9.17) is 0 Å². The first-order chi connectivity index (χ1) is 16.1. The van der Waals surface area contributed by atoms with E-state index in [9.17, 15) is 9.59 Å². The molecule has 8 heteroatoms. The summed E-state index contributed by atoms with van der Waals surface area (Å²) < 4.78 is 1.95. The predicted molar refractivity (Wildman–Crippen MR) is 132 cm³/mol. The summed E-state index contributed by atoms with van der Waals surface area (Å²) >= 11 is 1.31. The molecule has 33 heavy (non-hydrogen) atoms. The van der Waals surface area contributed by atoms with Gasteiger partial charge in [0, 0.05) is 29.0 Å². The maximum Gasteiger partial charge on any atom is 0.234 e. The second kappa shape index (κ2) is 10.6. The second-order valence-electron chi connectivity index (χ2n) is 7.16. The summed E-state index contributed by atoms with van der Waals surface area (Å²) in [4.78, 5) is 24.2. The van der Waals surface area contributed by atoms with Gasteiger partial charge in [-0.2, -0.15) is 0 Å². The molecule has 2 amide bonds. The first-order valence-electron chi connectivity index (χ1n) is 10.5. The van der Waals surface area contributed by atoms with Crippen molar-refractivity contribution in [2.75, 3.05) is 16.4 Å². The fourth-order valence-corrected chi connectivity index (χ4v) is 3.95. The van der Waals surface area contributed by atoms with Crippen LogP contribution < -0.4 is 10.6 Å². The second-order valence-corrected chi connectivity index (χ2v) is 8.11. The lowest BCUT2D eigenvalue weighted by Crippen LogP contribution is -2.15. The van der Waals surface area contributed by atoms with Gasteiger partial charge in [0.15, 0.2) is 11.0 Å². The van der Waals surface area contributed by atoms with Crippen LogP contribution in [0.5, 0.6) is 0 Å². The monoisotopic (exact) mass is 457 g/mol. The highest BCUT2D eigenvalue weighted by Crippen LogP contribution is 2.28. The predicted octanol–water partition coefficient (Wildman–Crippen LogP) is 5.01. The molecule has 1 aromatic heterocycles. The topological polar surface area (TPSA) is 88.9 Å². The van der Waals surface area contributed by atoms with Crippen LogP contribution in [0.4, 0.5) is 11.4 Å². The molecular weight excluding hydrogens is 434 g/mol. The van der Waals surface area contributed by atoms with Gasteiger partial charge in [-0.25, -0.2) is 0 Å². The van der Waals surface area contributed by atoms with Crippen LogP contribution in [0.15, 0.2) is 90.1 Å². The van der Waals surface area contributed by atoms with Crippen molar-refractivity contribution in [1.82, 2.24) is 14.8 Å². The van der Waals surface area contributed by atoms with Crippen LogP contribution in [0.3, 0.4) is 0 Å². The number of carbonyl (C=O) groups excluding carboxylic acids is 2. The van der Waals surface area contributed by atoms with Crippen molar-refractivity contribution in [2.45, 2.75) is 18.5 Å². The fourth-order valence-electron chi connectivity index (χ4n) is 3.20. The molecule has 1 heterocycles. The third-order valence-electron chi connectivity index (χ3n) is 4.76. The van der Waals surface area contributed by atoms with Crippen LogP contribution in [0.25, 0.3) is 17.1 Å². The van der Waals surface area contributed by atoms with Crippen LogP contribution >= 0.6 is 11.8 Å². The Morgan fingerprint density at radius 2 is 1.45 bits per heavy atom. The number of amides is 2. The summed E-state index contributed by atoms with van der Waals surface area (Å²) in [5.74, 6) is 0.612. The summed E-state index contributed by atoms with van der Waals surface area (Å²) in [5.41, 5.74) is 3.12. The number of rotatable bonds is 8. The minimum absolute atomic E-state index is 0.0801. The van der Waals surface area contributed by atoms with E-state index in [1.54, 1.807) is 31.2 Å². The molecule has 0 fully saturated rings. The zero-order chi connectivity index (χ0) is 23.0. The van der Waals surface area contributed by atoms with Gasteiger partial charge in [0.2, 0.25) is 11.8 Å². The summed E-state index contributed by atoms with van der Waals surface area (Å²) in [6.45, 7) is 1.79. The van der Waals surface area contributed by atoms with E-state index in [1.807, 2.05) is 65.2 Å². The lowest BCUT2D eigenvalue weighted by Gasteiger charge is -2.11. The number of nitrogens with one attached hydrogen (secondary N) is 2. The Hall–Kier alpha value is -3.91. The molecule has 4 aromatic rings. The molecule has 0 aliphatic carbocycles. The van der Waals surface area contributed by atoms with Crippen molar-refractivity contribution in [3.63, 3.8) is 0 Å². The van der Waals surface area contributed by atoms with Crippen molar-refractivity contribution in [1.29, 1.82) is 0 Å². The van der Waals surface area contributed by atoms with Gasteiger partial charge in [-0.15, -0.1) is 10.2 Å². The lowest BCUT2D eigenvalue weighted by molar-refractivity contribution is -0.116. The van der Waals surface area contributed by atoms with Gasteiger partial charge in [-0.05, 0) is 30.3 Å². The number of hydrogen-bond donors (Lipinski definition) is 2. The maximum absolute atomic E-state index is 12.6. The summed E-state index contributed by atoms with van der Waals surface area (Å²) in [6.07, 6.45) is 0.389. The zero-order valence-corrected chi connectivity index (χ0v) is 18.9. The number of hydrogen-bond acceptors (Lipinski definition) is 5. The molecule has 0 radical (unpaired) electrons. The van der Waals surface area contributed by atoms with Crippen molar-refractivity contribution in [3.8, 4) is 17.1 Å². The lowest BCUT2D eigenvalue weighted by atomic mass is 10.2. The summed E-state index contributed by atoms with van der Waals surface area (Å²) in [7, 11) is 0. The molecule has 0 aliphatic rings. The highest BCUT2D eigenvalue weighted by Gasteiger charge is 2.17. The van der Waals surface area contributed by atoms with Crippen molar-refractivity contribution < 1.29 is 9.59 Å².